The third-order valence-electron chi connectivity index (χ3n) is 3.87. The zero-order valence-electron chi connectivity index (χ0n) is 11.2. The number of amides is 1. The number of nitrogens with zero attached hydrogens (tertiary/aromatic N) is 1. The van der Waals surface area contributed by atoms with Crippen molar-refractivity contribution < 1.29 is 9.53 Å². The summed E-state index contributed by atoms with van der Waals surface area (Å²) in [6.07, 6.45) is -0.256. The second-order valence-corrected chi connectivity index (χ2v) is 6.10. The SMILES string of the molecule is O=C1OCCN1c1c(I)c2ccccc2c2ccccc12. The van der Waals surface area contributed by atoms with Crippen LogP contribution < -0.4 is 4.90 Å². The molecule has 0 aromatic heterocycles. The van der Waals surface area contributed by atoms with Crippen LogP contribution in [0.2, 0.25) is 0 Å². The average molecular weight is 389 g/mol. The molecule has 4 heteroatoms. The summed E-state index contributed by atoms with van der Waals surface area (Å²) in [6, 6.07) is 16.6. The molecule has 0 unspecified atom stereocenters. The third kappa shape index (κ3) is 1.89. The van der Waals surface area contributed by atoms with E-state index in [1.807, 2.05) is 18.2 Å². The van der Waals surface area contributed by atoms with E-state index in [4.69, 9.17) is 4.74 Å². The number of carbonyl (C=O) groups is 1. The van der Waals surface area contributed by atoms with Crippen LogP contribution in [0.15, 0.2) is 48.5 Å². The van der Waals surface area contributed by atoms with Crippen molar-refractivity contribution in [2.24, 2.45) is 0 Å². The second kappa shape index (κ2) is 4.87. The van der Waals surface area contributed by atoms with Crippen molar-refractivity contribution in [3.8, 4) is 0 Å². The van der Waals surface area contributed by atoms with Gasteiger partial charge in [-0.05, 0) is 38.7 Å². The van der Waals surface area contributed by atoms with Gasteiger partial charge in [0.25, 0.3) is 0 Å². The van der Waals surface area contributed by atoms with Crippen LogP contribution in [0.5, 0.6) is 0 Å². The van der Waals surface area contributed by atoms with Crippen LogP contribution in [0.3, 0.4) is 0 Å². The van der Waals surface area contributed by atoms with Gasteiger partial charge in [-0.15, -0.1) is 0 Å². The molecule has 4 rings (SSSR count). The molecule has 0 N–H and O–H groups in total. The Kier molecular flexibility index (Phi) is 2.99. The maximum Gasteiger partial charge on any atom is 0.414 e. The predicted octanol–water partition coefficient (Wildman–Crippen LogP) is 4.55. The maximum atomic E-state index is 12.0. The molecule has 0 radical (unpaired) electrons. The minimum absolute atomic E-state index is 0.256. The smallest absolute Gasteiger partial charge is 0.414 e. The highest BCUT2D eigenvalue weighted by Gasteiger charge is 2.28. The largest absolute Gasteiger partial charge is 0.447 e. The molecule has 1 amide bonds. The number of rotatable bonds is 1. The fraction of sp³-hybridized carbons (Fsp3) is 0.118. The summed E-state index contributed by atoms with van der Waals surface area (Å²) < 4.78 is 6.22. The number of cyclic esters (lactones) is 1. The van der Waals surface area contributed by atoms with E-state index in [2.05, 4.69) is 52.9 Å². The molecule has 1 aliphatic heterocycles. The summed E-state index contributed by atoms with van der Waals surface area (Å²) in [6.45, 7) is 1.06. The number of hydrogen-bond acceptors (Lipinski definition) is 2. The Morgan fingerprint density at radius 3 is 2.10 bits per heavy atom. The molecule has 3 nitrogen and oxygen atoms in total. The first-order chi connectivity index (χ1) is 10.3. The van der Waals surface area contributed by atoms with E-state index in [-0.39, 0.29) is 6.09 Å². The van der Waals surface area contributed by atoms with E-state index in [1.54, 1.807) is 4.90 Å². The van der Waals surface area contributed by atoms with Gasteiger partial charge in [0.15, 0.2) is 0 Å². The fourth-order valence-corrected chi connectivity index (χ4v) is 3.99. The van der Waals surface area contributed by atoms with Crippen molar-refractivity contribution in [1.29, 1.82) is 0 Å². The van der Waals surface area contributed by atoms with Crippen LogP contribution in [0.4, 0.5) is 10.5 Å². The van der Waals surface area contributed by atoms with Crippen LogP contribution in [-0.4, -0.2) is 19.2 Å². The number of ether oxygens (including phenoxy) is 1. The molecule has 0 saturated carbocycles. The Morgan fingerprint density at radius 1 is 0.905 bits per heavy atom. The summed E-state index contributed by atoms with van der Waals surface area (Å²) >= 11 is 2.34. The first-order valence-corrected chi connectivity index (χ1v) is 7.88. The summed E-state index contributed by atoms with van der Waals surface area (Å²) in [7, 11) is 0. The molecular formula is C17H12INO2. The van der Waals surface area contributed by atoms with Gasteiger partial charge in [-0.3, -0.25) is 4.90 Å². The van der Waals surface area contributed by atoms with Crippen molar-refractivity contribution in [3.63, 3.8) is 0 Å². The Morgan fingerprint density at radius 2 is 1.48 bits per heavy atom. The first-order valence-electron chi connectivity index (χ1n) is 6.80. The van der Waals surface area contributed by atoms with E-state index >= 15 is 0 Å². The van der Waals surface area contributed by atoms with Gasteiger partial charge in [0.2, 0.25) is 0 Å². The van der Waals surface area contributed by atoms with Crippen LogP contribution in [0.25, 0.3) is 21.5 Å². The van der Waals surface area contributed by atoms with Crippen molar-refractivity contribution in [2.75, 3.05) is 18.1 Å². The van der Waals surface area contributed by atoms with Crippen molar-refractivity contribution in [2.45, 2.75) is 0 Å². The second-order valence-electron chi connectivity index (χ2n) is 5.02. The highest BCUT2D eigenvalue weighted by molar-refractivity contribution is 14.1. The highest BCUT2D eigenvalue weighted by atomic mass is 127. The minimum atomic E-state index is -0.256. The van der Waals surface area contributed by atoms with Crippen LogP contribution in [-0.2, 0) is 4.74 Å². The summed E-state index contributed by atoms with van der Waals surface area (Å²) in [5.74, 6) is 0. The molecule has 3 aromatic rings. The fourth-order valence-electron chi connectivity index (χ4n) is 2.94. The highest BCUT2D eigenvalue weighted by Crippen LogP contribution is 2.40. The Balaban J connectivity index is 2.17. The Labute approximate surface area is 135 Å². The summed E-state index contributed by atoms with van der Waals surface area (Å²) in [5.41, 5.74) is 0.965. The van der Waals surface area contributed by atoms with Crippen molar-refractivity contribution in [1.82, 2.24) is 0 Å². The molecule has 1 saturated heterocycles. The lowest BCUT2D eigenvalue weighted by molar-refractivity contribution is 0.181. The molecule has 1 aliphatic rings. The van der Waals surface area contributed by atoms with Crippen LogP contribution in [0.1, 0.15) is 0 Å². The van der Waals surface area contributed by atoms with Gasteiger partial charge in [-0.2, -0.15) is 0 Å². The maximum absolute atomic E-state index is 12.0. The normalized spacial score (nSPS) is 14.9. The van der Waals surface area contributed by atoms with Crippen LogP contribution in [0, 0.1) is 3.57 Å². The Bertz CT molecular complexity index is 875. The quantitative estimate of drug-likeness (QED) is 0.451. The predicted molar refractivity (Wildman–Crippen MR) is 92.9 cm³/mol. The molecule has 1 heterocycles. The summed E-state index contributed by atoms with van der Waals surface area (Å²) in [5, 5.41) is 4.66. The zero-order valence-corrected chi connectivity index (χ0v) is 13.3. The van der Waals surface area contributed by atoms with E-state index in [0.717, 1.165) is 14.6 Å². The molecule has 3 aromatic carbocycles. The Hall–Kier alpha value is -1.82. The number of fused-ring (bicyclic) bond motifs is 3. The molecule has 0 spiro atoms. The van der Waals surface area contributed by atoms with E-state index in [0.29, 0.717) is 13.2 Å². The molecule has 0 atom stereocenters. The standard InChI is InChI=1S/C17H12INO2/c18-15-13-7-3-1-5-11(13)12-6-2-4-8-14(12)16(15)19-9-10-21-17(19)20/h1-8H,9-10H2. The van der Waals surface area contributed by atoms with Crippen molar-refractivity contribution in [3.05, 3.63) is 52.1 Å². The van der Waals surface area contributed by atoms with Gasteiger partial charge < -0.3 is 4.74 Å². The molecular weight excluding hydrogens is 377 g/mol. The topological polar surface area (TPSA) is 29.5 Å². The minimum Gasteiger partial charge on any atom is -0.447 e. The van der Waals surface area contributed by atoms with Gasteiger partial charge in [-0.25, -0.2) is 4.79 Å². The molecule has 0 aliphatic carbocycles. The molecule has 21 heavy (non-hydrogen) atoms. The van der Waals surface area contributed by atoms with Gasteiger partial charge in [0.05, 0.1) is 12.2 Å². The number of anilines is 1. The molecule has 0 bridgehead atoms. The number of carbonyl (C=O) groups excluding carboxylic acids is 1. The van der Waals surface area contributed by atoms with E-state index < -0.39 is 0 Å². The molecule has 104 valence electrons. The first kappa shape index (κ1) is 12.9. The third-order valence-corrected chi connectivity index (χ3v) is 4.97. The summed E-state index contributed by atoms with van der Waals surface area (Å²) in [4.78, 5) is 13.8. The number of benzene rings is 3. The van der Waals surface area contributed by atoms with Crippen molar-refractivity contribution >= 4 is 55.9 Å². The lowest BCUT2D eigenvalue weighted by atomic mass is 10.00. The van der Waals surface area contributed by atoms with Gasteiger partial charge in [0.1, 0.15) is 6.61 Å². The lowest BCUT2D eigenvalue weighted by Crippen LogP contribution is -2.24. The van der Waals surface area contributed by atoms with E-state index in [9.17, 15) is 4.79 Å². The molecule has 1 fully saturated rings. The van der Waals surface area contributed by atoms with Crippen LogP contribution >= 0.6 is 22.6 Å². The van der Waals surface area contributed by atoms with E-state index in [1.165, 1.54) is 16.2 Å². The number of hydrogen-bond donors (Lipinski definition) is 0. The average Bonchev–Trinajstić information content (AvgIpc) is 2.94. The number of halogens is 1. The monoisotopic (exact) mass is 389 g/mol. The van der Waals surface area contributed by atoms with Gasteiger partial charge in [-0.1, -0.05) is 48.5 Å². The zero-order chi connectivity index (χ0) is 14.4. The lowest BCUT2D eigenvalue weighted by Gasteiger charge is -2.20. The van der Waals surface area contributed by atoms with Gasteiger partial charge >= 0.3 is 6.09 Å². The van der Waals surface area contributed by atoms with Gasteiger partial charge in [0, 0.05) is 8.96 Å².